The van der Waals surface area contributed by atoms with Crippen molar-refractivity contribution in [1.29, 1.82) is 0 Å². The number of nitrogens with two attached hydrogens (primary N) is 1. The standard InChI is InChI=1S/C27H34FN5O5/c1-2-27(19(34)10-20(38-27)33-15-30-21-22(29)31-24(28)32-23(21)33)14-37-25(35)36-6-4-3-5-26-11-16-7-17(12-26)9-18(8-16)13-26/h1,15-20,34H,3-14H2,(H2,29,31,32)/t16?,17?,18?,19-,20+,26?,27+/m0/s1. The van der Waals surface area contributed by atoms with Crippen LogP contribution < -0.4 is 5.73 Å². The molecule has 38 heavy (non-hydrogen) atoms. The third-order valence-corrected chi connectivity index (χ3v) is 9.18. The number of nitrogens with zero attached hydrogens (tertiary/aromatic N) is 4. The minimum absolute atomic E-state index is 0.0456. The summed E-state index contributed by atoms with van der Waals surface area (Å²) < 4.78 is 31.6. The van der Waals surface area contributed by atoms with Gasteiger partial charge in [-0.15, -0.1) is 6.42 Å². The van der Waals surface area contributed by atoms with Gasteiger partial charge in [-0.3, -0.25) is 4.57 Å². The van der Waals surface area contributed by atoms with Crippen molar-refractivity contribution in [2.24, 2.45) is 23.2 Å². The largest absolute Gasteiger partial charge is 0.508 e. The monoisotopic (exact) mass is 527 g/mol. The number of imidazole rings is 1. The van der Waals surface area contributed by atoms with Gasteiger partial charge in [-0.1, -0.05) is 5.92 Å². The van der Waals surface area contributed by atoms with Crippen LogP contribution in [-0.2, 0) is 14.2 Å². The number of hydrogen-bond acceptors (Lipinski definition) is 9. The van der Waals surface area contributed by atoms with Crippen LogP contribution in [0.1, 0.15) is 70.4 Å². The minimum atomic E-state index is -1.60. The van der Waals surface area contributed by atoms with Gasteiger partial charge in [0.05, 0.1) is 12.9 Å². The number of carbonyl (C=O) groups is 1. The van der Waals surface area contributed by atoms with E-state index < -0.39 is 36.8 Å². The lowest BCUT2D eigenvalue weighted by Crippen LogP contribution is -2.45. The van der Waals surface area contributed by atoms with Crippen LogP contribution in [0.25, 0.3) is 11.2 Å². The number of aliphatic hydroxyl groups is 1. The number of aromatic nitrogens is 4. The lowest BCUT2D eigenvalue weighted by molar-refractivity contribution is -0.0981. The number of fused-ring (bicyclic) bond motifs is 1. The average Bonchev–Trinajstić information content (AvgIpc) is 3.43. The van der Waals surface area contributed by atoms with E-state index in [2.05, 4.69) is 20.9 Å². The van der Waals surface area contributed by atoms with Gasteiger partial charge in [-0.25, -0.2) is 9.78 Å². The summed E-state index contributed by atoms with van der Waals surface area (Å²) in [6.07, 6.45) is 14.7. The number of terminal acetylenes is 1. The first-order chi connectivity index (χ1) is 18.3. The fraction of sp³-hybridized carbons (Fsp3) is 0.704. The predicted octanol–water partition coefficient (Wildman–Crippen LogP) is 3.74. The van der Waals surface area contributed by atoms with E-state index in [0.29, 0.717) is 5.41 Å². The Labute approximate surface area is 220 Å². The summed E-state index contributed by atoms with van der Waals surface area (Å²) in [6.45, 7) is -0.126. The van der Waals surface area contributed by atoms with Crippen LogP contribution in [0.4, 0.5) is 15.0 Å². The van der Waals surface area contributed by atoms with Crippen LogP contribution in [0.2, 0.25) is 0 Å². The van der Waals surface area contributed by atoms with Crippen molar-refractivity contribution in [3.8, 4) is 12.3 Å². The highest BCUT2D eigenvalue weighted by Gasteiger charge is 2.51. The maximum atomic E-state index is 13.7. The molecule has 0 aromatic carbocycles. The Hall–Kier alpha value is -2.97. The van der Waals surface area contributed by atoms with Gasteiger partial charge in [0.15, 0.2) is 22.6 Å². The summed E-state index contributed by atoms with van der Waals surface area (Å²) in [6, 6.07) is 0. The molecule has 2 aromatic heterocycles. The molecule has 4 saturated carbocycles. The Morgan fingerprint density at radius 1 is 1.18 bits per heavy atom. The maximum Gasteiger partial charge on any atom is 0.508 e. The Morgan fingerprint density at radius 2 is 1.89 bits per heavy atom. The summed E-state index contributed by atoms with van der Waals surface area (Å²) in [5.41, 5.74) is 4.94. The summed E-state index contributed by atoms with van der Waals surface area (Å²) in [5.74, 6) is 5.10. The van der Waals surface area contributed by atoms with Gasteiger partial charge in [0.1, 0.15) is 18.9 Å². The lowest BCUT2D eigenvalue weighted by atomic mass is 9.48. The van der Waals surface area contributed by atoms with Crippen LogP contribution in [0.5, 0.6) is 0 Å². The van der Waals surface area contributed by atoms with Crippen LogP contribution in [-0.4, -0.2) is 55.7 Å². The van der Waals surface area contributed by atoms with Crippen LogP contribution >= 0.6 is 0 Å². The molecule has 11 heteroatoms. The van der Waals surface area contributed by atoms with Gasteiger partial charge in [-0.2, -0.15) is 14.4 Å². The van der Waals surface area contributed by atoms with Gasteiger partial charge in [-0.05, 0) is 81.0 Å². The molecule has 7 rings (SSSR count). The molecule has 1 aliphatic heterocycles. The third-order valence-electron chi connectivity index (χ3n) is 9.18. The van der Waals surface area contributed by atoms with Gasteiger partial charge >= 0.3 is 12.2 Å². The molecule has 1 saturated heterocycles. The molecule has 4 aliphatic carbocycles. The van der Waals surface area contributed by atoms with Crippen molar-refractivity contribution in [3.05, 3.63) is 12.4 Å². The fourth-order valence-electron chi connectivity index (χ4n) is 7.91. The van der Waals surface area contributed by atoms with E-state index >= 15 is 0 Å². The van der Waals surface area contributed by atoms with E-state index in [4.69, 9.17) is 26.4 Å². The van der Waals surface area contributed by atoms with E-state index in [1.807, 2.05) is 0 Å². The zero-order chi connectivity index (χ0) is 26.5. The lowest BCUT2D eigenvalue weighted by Gasteiger charge is -2.57. The van der Waals surface area contributed by atoms with Crippen molar-refractivity contribution in [2.75, 3.05) is 18.9 Å². The molecule has 3 atom stereocenters. The SMILES string of the molecule is C#C[C@]1(COC(=O)OCCCCC23CC4CC(CC(C4)C2)C3)O[C@@H](n2cnc3c(N)nc(F)nc32)C[C@@H]1O. The molecule has 204 valence electrons. The fourth-order valence-corrected chi connectivity index (χ4v) is 7.91. The molecule has 5 fully saturated rings. The van der Waals surface area contributed by atoms with Crippen LogP contribution in [0.3, 0.4) is 0 Å². The average molecular weight is 528 g/mol. The molecule has 0 radical (unpaired) electrons. The van der Waals surface area contributed by atoms with Gasteiger partial charge in [0, 0.05) is 6.42 Å². The Bertz CT molecular complexity index is 1230. The quantitative estimate of drug-likeness (QED) is 0.228. The van der Waals surface area contributed by atoms with E-state index in [-0.39, 0.29) is 30.0 Å². The van der Waals surface area contributed by atoms with Crippen molar-refractivity contribution in [2.45, 2.75) is 82.1 Å². The van der Waals surface area contributed by atoms with E-state index in [9.17, 15) is 14.3 Å². The third kappa shape index (κ3) is 4.58. The predicted molar refractivity (Wildman–Crippen MR) is 134 cm³/mol. The minimum Gasteiger partial charge on any atom is -0.434 e. The number of aliphatic hydroxyl groups excluding tert-OH is 1. The highest BCUT2D eigenvalue weighted by Crippen LogP contribution is 2.61. The number of nitrogen functional groups attached to an aromatic ring is 1. The van der Waals surface area contributed by atoms with Gasteiger partial charge < -0.3 is 25.1 Å². The summed E-state index contributed by atoms with van der Waals surface area (Å²) in [5, 5.41) is 10.7. The summed E-state index contributed by atoms with van der Waals surface area (Å²) in [7, 11) is 0. The molecular formula is C27H34FN5O5. The Kier molecular flexibility index (Phi) is 6.43. The van der Waals surface area contributed by atoms with Crippen LogP contribution in [0, 0.1) is 41.6 Å². The number of carbonyl (C=O) groups excluding carboxylic acids is 1. The van der Waals surface area contributed by atoms with E-state index in [1.54, 1.807) is 0 Å². The molecule has 10 nitrogen and oxygen atoms in total. The number of rotatable bonds is 8. The number of halogens is 1. The van der Waals surface area contributed by atoms with Gasteiger partial charge in [0.2, 0.25) is 0 Å². The molecule has 3 N–H and O–H groups in total. The topological polar surface area (TPSA) is 135 Å². The second kappa shape index (κ2) is 9.65. The second-order valence-corrected chi connectivity index (χ2v) is 11.8. The molecule has 4 bridgehead atoms. The molecule has 0 spiro atoms. The maximum absolute atomic E-state index is 13.7. The molecule has 0 amide bonds. The molecule has 3 heterocycles. The van der Waals surface area contributed by atoms with Crippen LogP contribution in [0.15, 0.2) is 6.33 Å². The van der Waals surface area contributed by atoms with Crippen molar-refractivity contribution >= 4 is 23.1 Å². The van der Waals surface area contributed by atoms with Crippen molar-refractivity contribution < 1.29 is 28.5 Å². The highest BCUT2D eigenvalue weighted by molar-refractivity contribution is 5.81. The Balaban J connectivity index is 0.980. The number of hydrogen-bond donors (Lipinski definition) is 2. The van der Waals surface area contributed by atoms with Crippen molar-refractivity contribution in [1.82, 2.24) is 19.5 Å². The summed E-state index contributed by atoms with van der Waals surface area (Å²) in [4.78, 5) is 23.6. The van der Waals surface area contributed by atoms with E-state index in [1.165, 1.54) is 55.8 Å². The highest BCUT2D eigenvalue weighted by atomic mass is 19.1. The zero-order valence-corrected chi connectivity index (χ0v) is 21.4. The first kappa shape index (κ1) is 25.3. The second-order valence-electron chi connectivity index (χ2n) is 11.8. The Morgan fingerprint density at radius 3 is 2.58 bits per heavy atom. The molecule has 2 aromatic rings. The van der Waals surface area contributed by atoms with E-state index in [0.717, 1.165) is 30.6 Å². The molecular weight excluding hydrogens is 493 g/mol. The number of unbranched alkanes of at least 4 members (excludes halogenated alkanes) is 1. The van der Waals surface area contributed by atoms with Crippen molar-refractivity contribution in [3.63, 3.8) is 0 Å². The number of ether oxygens (including phenoxy) is 3. The molecule has 5 aliphatic rings. The molecule has 0 unspecified atom stereocenters. The number of anilines is 1. The smallest absolute Gasteiger partial charge is 0.434 e. The first-order valence-corrected chi connectivity index (χ1v) is 13.6. The normalized spacial score (nSPS) is 35.4. The van der Waals surface area contributed by atoms with Gasteiger partial charge in [0.25, 0.3) is 0 Å². The summed E-state index contributed by atoms with van der Waals surface area (Å²) >= 11 is 0. The first-order valence-electron chi connectivity index (χ1n) is 13.6. The zero-order valence-electron chi connectivity index (χ0n) is 21.4.